The first kappa shape index (κ1) is 14.2. The Kier molecular flexibility index (Phi) is 4.31. The zero-order chi connectivity index (χ0) is 13.2. The van der Waals surface area contributed by atoms with Crippen LogP contribution in [0.1, 0.15) is 38.5 Å². The van der Waals surface area contributed by atoms with E-state index in [4.69, 9.17) is 10.5 Å². The molecule has 2 fully saturated rings. The van der Waals surface area contributed by atoms with E-state index in [0.717, 1.165) is 25.7 Å². The summed E-state index contributed by atoms with van der Waals surface area (Å²) in [6, 6.07) is 0. The van der Waals surface area contributed by atoms with Gasteiger partial charge >= 0.3 is 0 Å². The van der Waals surface area contributed by atoms with Gasteiger partial charge in [-0.2, -0.15) is 0 Å². The molecule has 2 rings (SSSR count). The lowest BCUT2D eigenvalue weighted by Crippen LogP contribution is -2.46. The SMILES string of the molecule is NC1(COC2CS(=O)(=O)CC2O)CCCCCC1. The van der Waals surface area contributed by atoms with Crippen molar-refractivity contribution in [2.45, 2.75) is 56.3 Å². The number of aliphatic hydroxyl groups is 1. The summed E-state index contributed by atoms with van der Waals surface area (Å²) in [4.78, 5) is 0. The van der Waals surface area contributed by atoms with E-state index in [-0.39, 0.29) is 17.0 Å². The summed E-state index contributed by atoms with van der Waals surface area (Å²) in [6.07, 6.45) is 4.96. The summed E-state index contributed by atoms with van der Waals surface area (Å²) in [7, 11) is -3.14. The molecule has 1 saturated heterocycles. The molecule has 1 saturated carbocycles. The standard InChI is InChI=1S/C12H23NO4S/c13-12(5-3-1-2-4-6-12)9-17-11-8-18(15,16)7-10(11)14/h10-11,14H,1-9,13H2. The highest BCUT2D eigenvalue weighted by atomic mass is 32.2. The Balaban J connectivity index is 1.87. The zero-order valence-electron chi connectivity index (χ0n) is 10.7. The molecule has 0 spiro atoms. The summed E-state index contributed by atoms with van der Waals surface area (Å²) in [5.41, 5.74) is 5.95. The molecule has 18 heavy (non-hydrogen) atoms. The fraction of sp³-hybridized carbons (Fsp3) is 1.00. The third-order valence-corrected chi connectivity index (χ3v) is 5.64. The van der Waals surface area contributed by atoms with Gasteiger partial charge in [0.25, 0.3) is 0 Å². The van der Waals surface area contributed by atoms with Crippen LogP contribution < -0.4 is 5.73 Å². The summed E-state index contributed by atoms with van der Waals surface area (Å²) in [5, 5.41) is 9.65. The Labute approximate surface area is 109 Å². The smallest absolute Gasteiger partial charge is 0.155 e. The second-order valence-electron chi connectivity index (χ2n) is 5.77. The minimum atomic E-state index is -3.14. The summed E-state index contributed by atoms with van der Waals surface area (Å²) in [6.45, 7) is 0.351. The number of hydrogen-bond acceptors (Lipinski definition) is 5. The van der Waals surface area contributed by atoms with Crippen LogP contribution in [0, 0.1) is 0 Å². The van der Waals surface area contributed by atoms with Gasteiger partial charge in [-0.15, -0.1) is 0 Å². The molecule has 1 aliphatic heterocycles. The summed E-state index contributed by atoms with van der Waals surface area (Å²) >= 11 is 0. The van der Waals surface area contributed by atoms with Gasteiger partial charge < -0.3 is 15.6 Å². The van der Waals surface area contributed by atoms with Gasteiger partial charge in [-0.25, -0.2) is 8.42 Å². The fourth-order valence-corrected chi connectivity index (χ4v) is 4.50. The molecule has 2 aliphatic rings. The summed E-state index contributed by atoms with van der Waals surface area (Å²) < 4.78 is 28.3. The summed E-state index contributed by atoms with van der Waals surface area (Å²) in [5.74, 6) is -0.264. The maximum absolute atomic E-state index is 11.4. The Morgan fingerprint density at radius 3 is 2.28 bits per heavy atom. The molecular formula is C12H23NO4S. The predicted molar refractivity (Wildman–Crippen MR) is 69.0 cm³/mol. The second-order valence-corrected chi connectivity index (χ2v) is 7.92. The highest BCUT2D eigenvalue weighted by Gasteiger charge is 2.38. The van der Waals surface area contributed by atoms with Crippen molar-refractivity contribution in [1.82, 2.24) is 0 Å². The van der Waals surface area contributed by atoms with Crippen LogP contribution in [0.5, 0.6) is 0 Å². The van der Waals surface area contributed by atoms with Gasteiger partial charge in [0.15, 0.2) is 9.84 Å². The third-order valence-electron chi connectivity index (χ3n) is 3.96. The molecule has 1 aliphatic carbocycles. The van der Waals surface area contributed by atoms with E-state index in [1.54, 1.807) is 0 Å². The molecule has 1 heterocycles. The first-order chi connectivity index (χ1) is 8.40. The molecule has 0 radical (unpaired) electrons. The number of ether oxygens (including phenoxy) is 1. The molecule has 0 amide bonds. The largest absolute Gasteiger partial charge is 0.389 e. The molecular weight excluding hydrogens is 254 g/mol. The van der Waals surface area contributed by atoms with E-state index in [9.17, 15) is 13.5 Å². The number of sulfone groups is 1. The number of nitrogens with two attached hydrogens (primary N) is 1. The van der Waals surface area contributed by atoms with Crippen LogP contribution in [0.25, 0.3) is 0 Å². The molecule has 2 unspecified atom stereocenters. The van der Waals surface area contributed by atoms with E-state index >= 15 is 0 Å². The Bertz CT molecular complexity index is 374. The number of aliphatic hydroxyl groups excluding tert-OH is 1. The van der Waals surface area contributed by atoms with Crippen molar-refractivity contribution in [2.75, 3.05) is 18.1 Å². The Morgan fingerprint density at radius 2 is 1.78 bits per heavy atom. The normalized spacial score (nSPS) is 35.2. The lowest BCUT2D eigenvalue weighted by Gasteiger charge is -2.29. The van der Waals surface area contributed by atoms with Crippen LogP contribution in [-0.2, 0) is 14.6 Å². The van der Waals surface area contributed by atoms with Crippen LogP contribution in [-0.4, -0.2) is 49.4 Å². The van der Waals surface area contributed by atoms with Crippen LogP contribution in [0.4, 0.5) is 0 Å². The lowest BCUT2D eigenvalue weighted by molar-refractivity contribution is -0.0300. The van der Waals surface area contributed by atoms with Crippen molar-refractivity contribution < 1.29 is 18.3 Å². The van der Waals surface area contributed by atoms with Gasteiger partial charge in [-0.05, 0) is 12.8 Å². The van der Waals surface area contributed by atoms with E-state index in [0.29, 0.717) is 6.61 Å². The fourth-order valence-electron chi connectivity index (χ4n) is 2.81. The molecule has 5 nitrogen and oxygen atoms in total. The lowest BCUT2D eigenvalue weighted by atomic mass is 9.92. The van der Waals surface area contributed by atoms with Crippen molar-refractivity contribution in [3.05, 3.63) is 0 Å². The second kappa shape index (κ2) is 5.45. The molecule has 106 valence electrons. The minimum Gasteiger partial charge on any atom is -0.389 e. The van der Waals surface area contributed by atoms with Crippen molar-refractivity contribution >= 4 is 9.84 Å². The van der Waals surface area contributed by atoms with Crippen molar-refractivity contribution in [1.29, 1.82) is 0 Å². The van der Waals surface area contributed by atoms with Gasteiger partial charge in [-0.3, -0.25) is 0 Å². The average Bonchev–Trinajstić information content (AvgIpc) is 2.46. The molecule has 2 atom stereocenters. The van der Waals surface area contributed by atoms with E-state index in [1.165, 1.54) is 12.8 Å². The molecule has 0 aromatic rings. The number of rotatable bonds is 3. The first-order valence-electron chi connectivity index (χ1n) is 6.69. The molecule has 6 heteroatoms. The quantitative estimate of drug-likeness (QED) is 0.720. The van der Waals surface area contributed by atoms with Crippen LogP contribution in [0.2, 0.25) is 0 Å². The van der Waals surface area contributed by atoms with E-state index in [1.807, 2.05) is 0 Å². The highest BCUT2D eigenvalue weighted by molar-refractivity contribution is 7.91. The van der Waals surface area contributed by atoms with Gasteiger partial charge in [0.1, 0.15) is 0 Å². The topological polar surface area (TPSA) is 89.6 Å². The monoisotopic (exact) mass is 277 g/mol. The van der Waals surface area contributed by atoms with Crippen LogP contribution in [0.15, 0.2) is 0 Å². The predicted octanol–water partition coefficient (Wildman–Crippen LogP) is 0.213. The zero-order valence-corrected chi connectivity index (χ0v) is 11.5. The van der Waals surface area contributed by atoms with Crippen molar-refractivity contribution in [3.63, 3.8) is 0 Å². The number of hydrogen-bond donors (Lipinski definition) is 2. The maximum Gasteiger partial charge on any atom is 0.155 e. The Hall–Kier alpha value is -0.170. The van der Waals surface area contributed by atoms with Crippen LogP contribution >= 0.6 is 0 Å². The first-order valence-corrected chi connectivity index (χ1v) is 8.51. The minimum absolute atomic E-state index is 0.0791. The van der Waals surface area contributed by atoms with Crippen LogP contribution in [0.3, 0.4) is 0 Å². The van der Waals surface area contributed by atoms with Crippen molar-refractivity contribution in [3.8, 4) is 0 Å². The van der Waals surface area contributed by atoms with E-state index in [2.05, 4.69) is 0 Å². The van der Waals surface area contributed by atoms with E-state index < -0.39 is 22.0 Å². The third kappa shape index (κ3) is 3.66. The van der Waals surface area contributed by atoms with Gasteiger partial charge in [-0.1, -0.05) is 25.7 Å². The van der Waals surface area contributed by atoms with Gasteiger partial charge in [0.2, 0.25) is 0 Å². The molecule has 0 aromatic heterocycles. The Morgan fingerprint density at radius 1 is 1.17 bits per heavy atom. The maximum atomic E-state index is 11.4. The average molecular weight is 277 g/mol. The molecule has 0 bridgehead atoms. The van der Waals surface area contributed by atoms with Gasteiger partial charge in [0, 0.05) is 5.54 Å². The molecule has 0 aromatic carbocycles. The molecule has 3 N–H and O–H groups in total. The van der Waals surface area contributed by atoms with Crippen molar-refractivity contribution in [2.24, 2.45) is 5.73 Å². The highest BCUT2D eigenvalue weighted by Crippen LogP contribution is 2.26. The van der Waals surface area contributed by atoms with Gasteiger partial charge in [0.05, 0.1) is 30.3 Å².